The second-order valence-electron chi connectivity index (χ2n) is 0. The van der Waals surface area contributed by atoms with Crippen molar-refractivity contribution >= 4 is 19.4 Å². The Morgan fingerprint density at radius 2 is 1.00 bits per heavy atom. The van der Waals surface area contributed by atoms with Gasteiger partial charge in [0.15, 0.2) is 0 Å². The third kappa shape index (κ3) is 10.3. The molecule has 0 aromatic rings. The summed E-state index contributed by atoms with van der Waals surface area (Å²) < 4.78 is 0. The van der Waals surface area contributed by atoms with Crippen LogP contribution in [0.1, 0.15) is 0 Å². The zero-order valence-corrected chi connectivity index (χ0v) is 5.06. The van der Waals surface area contributed by atoms with E-state index < -0.39 is 0 Å². The molecular weight excluding hydrogens is 150 g/mol. The molecule has 0 aromatic heterocycles. The average molecular weight is 150 g/mol. The molecule has 0 N–H and O–H groups in total. The van der Waals surface area contributed by atoms with Crippen molar-refractivity contribution in [3.63, 3.8) is 0 Å². The van der Waals surface area contributed by atoms with Crippen LogP contribution in [0.2, 0.25) is 0 Å². The van der Waals surface area contributed by atoms with E-state index in [4.69, 9.17) is 0 Å². The molecule has 0 aliphatic heterocycles. The van der Waals surface area contributed by atoms with Gasteiger partial charge in [-0.05, 0) is 0 Å². The third-order valence-electron chi connectivity index (χ3n) is 0. The van der Waals surface area contributed by atoms with Gasteiger partial charge in [0.1, 0.15) is 0 Å². The van der Waals surface area contributed by atoms with E-state index in [1.165, 1.54) is 0 Å². The first-order valence-electron chi connectivity index (χ1n) is 0. The molecule has 0 bridgehead atoms. The van der Waals surface area contributed by atoms with Crippen molar-refractivity contribution in [2.75, 3.05) is 0 Å². The van der Waals surface area contributed by atoms with Crippen molar-refractivity contribution in [3.05, 3.63) is 0 Å². The summed E-state index contributed by atoms with van der Waals surface area (Å²) in [5.74, 6) is 0. The molecule has 4 heteroatoms. The van der Waals surface area contributed by atoms with E-state index in [0.29, 0.717) is 0 Å². The van der Waals surface area contributed by atoms with Crippen LogP contribution in [0.15, 0.2) is 0 Å². The topological polar surface area (TPSA) is 0 Å². The molecule has 0 fully saturated rings. The average Bonchev–Trinajstić information content (AvgIpc) is 0. The summed E-state index contributed by atoms with van der Waals surface area (Å²) in [5.41, 5.74) is 0. The molecule has 0 atom stereocenters. The molecule has 0 saturated heterocycles. The van der Waals surface area contributed by atoms with Crippen LogP contribution in [0.5, 0.6) is 0 Å². The van der Waals surface area contributed by atoms with E-state index in [0.717, 1.165) is 0 Å². The molecule has 0 saturated carbocycles. The zero-order valence-electron chi connectivity index (χ0n) is 1.80. The van der Waals surface area contributed by atoms with Crippen molar-refractivity contribution in [1.29, 1.82) is 0 Å². The molecule has 0 aromatic carbocycles. The Kier molecular flexibility index (Phi) is 397. The standard InChI is InChI=1S/B.Cr.Ni.Si. The van der Waals surface area contributed by atoms with Gasteiger partial charge in [0.2, 0.25) is 0 Å². The Morgan fingerprint density at radius 3 is 1.00 bits per heavy atom. The van der Waals surface area contributed by atoms with Gasteiger partial charge in [-0.15, -0.1) is 0 Å². The monoisotopic (exact) mass is 149 g/mol. The summed E-state index contributed by atoms with van der Waals surface area (Å²) in [4.78, 5) is 0. The largest absolute Gasteiger partial charge is 0 e. The maximum atomic E-state index is 0. The normalized spacial score (nSPS) is 0. The van der Waals surface area contributed by atoms with Gasteiger partial charge in [-0.25, -0.2) is 0 Å². The Morgan fingerprint density at radius 1 is 1.00 bits per heavy atom. The number of hydrogen-bond donors (Lipinski definition) is 0. The van der Waals surface area contributed by atoms with E-state index in [2.05, 4.69) is 0 Å². The summed E-state index contributed by atoms with van der Waals surface area (Å²) in [6.07, 6.45) is 0. The van der Waals surface area contributed by atoms with E-state index in [1.54, 1.807) is 0 Å². The molecular formula is BCrNiSi. The molecule has 0 heterocycles. The van der Waals surface area contributed by atoms with Gasteiger partial charge in [-0.2, -0.15) is 0 Å². The van der Waals surface area contributed by atoms with E-state index in [-0.39, 0.29) is 53.2 Å². The van der Waals surface area contributed by atoms with Crippen LogP contribution in [0.25, 0.3) is 0 Å². The first-order valence-corrected chi connectivity index (χ1v) is 0. The van der Waals surface area contributed by atoms with Crippen LogP contribution in [-0.2, 0) is 33.9 Å². The maximum absolute atomic E-state index is 0. The van der Waals surface area contributed by atoms with Crippen molar-refractivity contribution < 1.29 is 33.9 Å². The van der Waals surface area contributed by atoms with Crippen LogP contribution >= 0.6 is 0 Å². The second-order valence-corrected chi connectivity index (χ2v) is 0. The molecule has 0 rings (SSSR count). The van der Waals surface area contributed by atoms with Crippen molar-refractivity contribution in [2.45, 2.75) is 0 Å². The van der Waals surface area contributed by atoms with Crippen molar-refractivity contribution in [1.82, 2.24) is 0 Å². The SMILES string of the molecule is [B].[Cr].[Ni].[Si]. The predicted octanol–water partition coefficient (Wildman–Crippen LogP) is -0.767. The zero-order chi connectivity index (χ0) is 0. The van der Waals surface area contributed by atoms with Gasteiger partial charge in [0.25, 0.3) is 0 Å². The second kappa shape index (κ2) is 27.6. The molecule has 0 nitrogen and oxygen atoms in total. The molecule has 0 unspecified atom stereocenters. The third-order valence-corrected chi connectivity index (χ3v) is 0. The van der Waals surface area contributed by atoms with Gasteiger partial charge in [-0.1, -0.05) is 0 Å². The molecule has 0 spiro atoms. The van der Waals surface area contributed by atoms with Gasteiger partial charge in [0, 0.05) is 53.2 Å². The van der Waals surface area contributed by atoms with Crippen LogP contribution < -0.4 is 0 Å². The van der Waals surface area contributed by atoms with Crippen LogP contribution in [-0.4, -0.2) is 19.4 Å². The van der Waals surface area contributed by atoms with Crippen molar-refractivity contribution in [3.8, 4) is 0 Å². The van der Waals surface area contributed by atoms with Gasteiger partial charge in [0.05, 0.1) is 0 Å². The molecule has 0 amide bonds. The Bertz CT molecular complexity index is 8.00. The van der Waals surface area contributed by atoms with E-state index in [9.17, 15) is 0 Å². The van der Waals surface area contributed by atoms with Crippen molar-refractivity contribution in [2.24, 2.45) is 0 Å². The summed E-state index contributed by atoms with van der Waals surface area (Å²) >= 11 is 0. The quantitative estimate of drug-likeness (QED) is 0.397. The van der Waals surface area contributed by atoms with Crippen LogP contribution in [0, 0.1) is 0 Å². The summed E-state index contributed by atoms with van der Waals surface area (Å²) in [6.45, 7) is 0. The fourth-order valence-electron chi connectivity index (χ4n) is 0. The molecule has 23 valence electrons. The maximum Gasteiger partial charge on any atom is 0 e. The molecule has 0 aliphatic carbocycles. The van der Waals surface area contributed by atoms with Crippen LogP contribution in [0.4, 0.5) is 0 Å². The Labute approximate surface area is 53.4 Å². The fraction of sp³-hybridized carbons (Fsp3) is 0. The minimum atomic E-state index is 0. The number of rotatable bonds is 0. The fourth-order valence-corrected chi connectivity index (χ4v) is 0. The van der Waals surface area contributed by atoms with Gasteiger partial charge >= 0.3 is 0 Å². The molecule has 4 heavy (non-hydrogen) atoms. The summed E-state index contributed by atoms with van der Waals surface area (Å²) in [5, 5.41) is 0. The Balaban J connectivity index is 0. The first kappa shape index (κ1) is 57.6. The van der Waals surface area contributed by atoms with Gasteiger partial charge in [-0.3, -0.25) is 0 Å². The van der Waals surface area contributed by atoms with E-state index >= 15 is 0 Å². The predicted molar refractivity (Wildman–Crippen MR) is 11.5 cm³/mol. The minimum absolute atomic E-state index is 0. The Hall–Kier alpha value is 1.31. The summed E-state index contributed by atoms with van der Waals surface area (Å²) in [7, 11) is 0. The number of hydrogen-bond acceptors (Lipinski definition) is 0. The van der Waals surface area contributed by atoms with E-state index in [1.807, 2.05) is 0 Å². The minimum Gasteiger partial charge on any atom is 0 e. The first-order chi connectivity index (χ1) is 0. The summed E-state index contributed by atoms with van der Waals surface area (Å²) in [6, 6.07) is 0. The molecule has 7 radical (unpaired) electrons. The molecule has 0 aliphatic rings. The smallest absolute Gasteiger partial charge is 0 e. The van der Waals surface area contributed by atoms with Crippen LogP contribution in [0.3, 0.4) is 0 Å². The van der Waals surface area contributed by atoms with Gasteiger partial charge < -0.3 is 0 Å².